The van der Waals surface area contributed by atoms with Gasteiger partial charge in [0, 0.05) is 18.8 Å². The van der Waals surface area contributed by atoms with Crippen molar-refractivity contribution in [2.45, 2.75) is 33.4 Å². The number of nitrogens with zero attached hydrogens (tertiary/aromatic N) is 2. The van der Waals surface area contributed by atoms with Crippen LogP contribution in [0.1, 0.15) is 26.3 Å². The van der Waals surface area contributed by atoms with E-state index in [0.29, 0.717) is 18.9 Å². The van der Waals surface area contributed by atoms with E-state index in [9.17, 15) is 4.79 Å². The summed E-state index contributed by atoms with van der Waals surface area (Å²) < 4.78 is 0. The Hall–Kier alpha value is -1.66. The number of carbonyl (C=O) groups is 1. The fraction of sp³-hybridized carbons (Fsp3) is 0.538. The summed E-state index contributed by atoms with van der Waals surface area (Å²) in [5.41, 5.74) is 3.59. The lowest BCUT2D eigenvalue weighted by Gasteiger charge is -2.20. The predicted octanol–water partition coefficient (Wildman–Crippen LogP) is 0.714. The summed E-state index contributed by atoms with van der Waals surface area (Å²) in [6, 6.07) is 3.97. The molecule has 4 N–H and O–H groups in total. The van der Waals surface area contributed by atoms with Gasteiger partial charge in [-0.2, -0.15) is 0 Å². The Morgan fingerprint density at radius 1 is 1.53 bits per heavy atom. The Bertz CT molecular complexity index is 408. The molecule has 1 aromatic heterocycles. The third kappa shape index (κ3) is 5.67. The Kier molecular flexibility index (Phi) is 6.24. The SMILES string of the molecule is CCN(CC(=O)NC(C)C)Cc1ccnc(NN)c1. The molecule has 0 aliphatic heterocycles. The molecule has 0 aliphatic rings. The number of pyridine rings is 1. The molecule has 0 aliphatic carbocycles. The topological polar surface area (TPSA) is 83.3 Å². The second-order valence-corrected chi connectivity index (χ2v) is 4.72. The van der Waals surface area contributed by atoms with Crippen LogP contribution in [0.3, 0.4) is 0 Å². The van der Waals surface area contributed by atoms with Crippen molar-refractivity contribution in [1.82, 2.24) is 15.2 Å². The zero-order valence-corrected chi connectivity index (χ0v) is 11.8. The van der Waals surface area contributed by atoms with Gasteiger partial charge in [-0.25, -0.2) is 10.8 Å². The van der Waals surface area contributed by atoms with Crippen molar-refractivity contribution >= 4 is 11.7 Å². The zero-order valence-electron chi connectivity index (χ0n) is 11.8. The summed E-state index contributed by atoms with van der Waals surface area (Å²) in [4.78, 5) is 17.9. The molecule has 0 fully saturated rings. The van der Waals surface area contributed by atoms with Crippen molar-refractivity contribution in [2.75, 3.05) is 18.5 Å². The van der Waals surface area contributed by atoms with Crippen LogP contribution in [0.2, 0.25) is 0 Å². The number of hydrazine groups is 1. The molecule has 0 saturated carbocycles. The standard InChI is InChI=1S/C13H23N5O/c1-4-18(9-13(19)16-10(2)3)8-11-5-6-15-12(7-11)17-14/h5-7,10H,4,8-9,14H2,1-3H3,(H,15,17)(H,16,19). The number of nitrogens with two attached hydrogens (primary N) is 1. The van der Waals surface area contributed by atoms with E-state index in [1.165, 1.54) is 0 Å². The van der Waals surface area contributed by atoms with E-state index in [-0.39, 0.29) is 11.9 Å². The number of aromatic nitrogens is 1. The van der Waals surface area contributed by atoms with Gasteiger partial charge in [0.1, 0.15) is 5.82 Å². The Balaban J connectivity index is 2.58. The lowest BCUT2D eigenvalue weighted by molar-refractivity contribution is -0.122. The van der Waals surface area contributed by atoms with Crippen molar-refractivity contribution in [3.05, 3.63) is 23.9 Å². The highest BCUT2D eigenvalue weighted by Gasteiger charge is 2.10. The molecule has 1 amide bonds. The van der Waals surface area contributed by atoms with Gasteiger partial charge in [0.25, 0.3) is 0 Å². The molecule has 1 heterocycles. The molecule has 1 aromatic rings. The molecule has 19 heavy (non-hydrogen) atoms. The molecule has 0 spiro atoms. The third-order valence-corrected chi connectivity index (χ3v) is 2.64. The minimum Gasteiger partial charge on any atom is -0.353 e. The first-order valence-electron chi connectivity index (χ1n) is 6.48. The molecule has 0 atom stereocenters. The van der Waals surface area contributed by atoms with Crippen molar-refractivity contribution in [3.63, 3.8) is 0 Å². The largest absolute Gasteiger partial charge is 0.353 e. The summed E-state index contributed by atoms with van der Waals surface area (Å²) in [6.07, 6.45) is 1.70. The molecule has 106 valence electrons. The van der Waals surface area contributed by atoms with E-state index in [0.717, 1.165) is 12.1 Å². The van der Waals surface area contributed by atoms with Crippen LogP contribution in [0.5, 0.6) is 0 Å². The maximum absolute atomic E-state index is 11.7. The lowest BCUT2D eigenvalue weighted by atomic mass is 10.2. The molecule has 0 radical (unpaired) electrons. The second-order valence-electron chi connectivity index (χ2n) is 4.72. The van der Waals surface area contributed by atoms with Gasteiger partial charge >= 0.3 is 0 Å². The van der Waals surface area contributed by atoms with Gasteiger partial charge in [0.2, 0.25) is 5.91 Å². The maximum Gasteiger partial charge on any atom is 0.234 e. The van der Waals surface area contributed by atoms with Gasteiger partial charge in [-0.15, -0.1) is 0 Å². The summed E-state index contributed by atoms with van der Waals surface area (Å²) in [5, 5.41) is 2.89. The maximum atomic E-state index is 11.7. The van der Waals surface area contributed by atoms with Crippen molar-refractivity contribution in [2.24, 2.45) is 5.84 Å². The van der Waals surface area contributed by atoms with Crippen LogP contribution in [0.4, 0.5) is 5.82 Å². The van der Waals surface area contributed by atoms with Crippen molar-refractivity contribution < 1.29 is 4.79 Å². The molecule has 0 aromatic carbocycles. The van der Waals surface area contributed by atoms with E-state index in [1.807, 2.05) is 32.9 Å². The van der Waals surface area contributed by atoms with Crippen LogP contribution in [0.15, 0.2) is 18.3 Å². The number of amides is 1. The quantitative estimate of drug-likeness (QED) is 0.499. The minimum atomic E-state index is 0.0445. The number of likely N-dealkylation sites (N-methyl/N-ethyl adjacent to an activating group) is 1. The van der Waals surface area contributed by atoms with Crippen LogP contribution in [0, 0.1) is 0 Å². The van der Waals surface area contributed by atoms with Crippen molar-refractivity contribution in [3.8, 4) is 0 Å². The van der Waals surface area contributed by atoms with Crippen LogP contribution < -0.4 is 16.6 Å². The molecule has 1 rings (SSSR count). The summed E-state index contributed by atoms with van der Waals surface area (Å²) in [5.74, 6) is 6.00. The average Bonchev–Trinajstić information content (AvgIpc) is 2.37. The third-order valence-electron chi connectivity index (χ3n) is 2.64. The van der Waals surface area contributed by atoms with Crippen molar-refractivity contribution in [1.29, 1.82) is 0 Å². The van der Waals surface area contributed by atoms with Gasteiger partial charge in [0.05, 0.1) is 6.54 Å². The first-order valence-corrected chi connectivity index (χ1v) is 6.48. The van der Waals surface area contributed by atoms with Crippen LogP contribution in [-0.4, -0.2) is 34.9 Å². The number of hydrogen-bond donors (Lipinski definition) is 3. The Morgan fingerprint density at radius 2 is 2.26 bits per heavy atom. The van der Waals surface area contributed by atoms with Gasteiger partial charge in [-0.1, -0.05) is 6.92 Å². The number of carbonyl (C=O) groups excluding carboxylic acids is 1. The Labute approximate surface area is 114 Å². The molecule has 6 heteroatoms. The number of hydrogen-bond acceptors (Lipinski definition) is 5. The van der Waals surface area contributed by atoms with E-state index in [2.05, 4.69) is 20.6 Å². The normalized spacial score (nSPS) is 10.8. The lowest BCUT2D eigenvalue weighted by Crippen LogP contribution is -2.39. The molecule has 0 unspecified atom stereocenters. The smallest absolute Gasteiger partial charge is 0.234 e. The molecular weight excluding hydrogens is 242 g/mol. The fourth-order valence-corrected chi connectivity index (χ4v) is 1.76. The minimum absolute atomic E-state index is 0.0445. The average molecular weight is 265 g/mol. The number of rotatable bonds is 7. The van der Waals surface area contributed by atoms with E-state index < -0.39 is 0 Å². The van der Waals surface area contributed by atoms with Gasteiger partial charge in [-0.3, -0.25) is 9.69 Å². The summed E-state index contributed by atoms with van der Waals surface area (Å²) in [6.45, 7) is 7.83. The van der Waals surface area contributed by atoms with Gasteiger partial charge in [0.15, 0.2) is 0 Å². The first kappa shape index (κ1) is 15.4. The molecule has 6 nitrogen and oxygen atoms in total. The molecule has 0 bridgehead atoms. The highest BCUT2D eigenvalue weighted by molar-refractivity contribution is 5.78. The van der Waals surface area contributed by atoms with Gasteiger partial charge < -0.3 is 10.7 Å². The summed E-state index contributed by atoms with van der Waals surface area (Å²) in [7, 11) is 0. The first-order chi connectivity index (χ1) is 9.05. The molecule has 0 saturated heterocycles. The second kappa shape index (κ2) is 7.70. The van der Waals surface area contributed by atoms with Gasteiger partial charge in [-0.05, 0) is 38.1 Å². The highest BCUT2D eigenvalue weighted by Crippen LogP contribution is 2.08. The van der Waals surface area contributed by atoms with Crippen LogP contribution in [-0.2, 0) is 11.3 Å². The number of nitrogens with one attached hydrogen (secondary N) is 2. The number of anilines is 1. The summed E-state index contributed by atoms with van der Waals surface area (Å²) >= 11 is 0. The number of nitrogen functional groups attached to an aromatic ring is 1. The fourth-order valence-electron chi connectivity index (χ4n) is 1.76. The highest BCUT2D eigenvalue weighted by atomic mass is 16.2. The van der Waals surface area contributed by atoms with E-state index in [4.69, 9.17) is 5.84 Å². The monoisotopic (exact) mass is 265 g/mol. The van der Waals surface area contributed by atoms with E-state index in [1.54, 1.807) is 6.20 Å². The van der Waals surface area contributed by atoms with Crippen LogP contribution in [0.25, 0.3) is 0 Å². The zero-order chi connectivity index (χ0) is 14.3. The predicted molar refractivity (Wildman–Crippen MR) is 76.3 cm³/mol. The molecular formula is C13H23N5O. The van der Waals surface area contributed by atoms with Crippen LogP contribution >= 0.6 is 0 Å². The Morgan fingerprint density at radius 3 is 2.84 bits per heavy atom. The van der Waals surface area contributed by atoms with E-state index >= 15 is 0 Å².